The Morgan fingerprint density at radius 3 is 2.63 bits per heavy atom. The van der Waals surface area contributed by atoms with Crippen molar-refractivity contribution < 1.29 is 4.42 Å². The van der Waals surface area contributed by atoms with E-state index in [1.54, 1.807) is 6.07 Å². The SMILES string of the molecule is CC1CCC(c2ccc3cc(N)c(=O)oc3c2)CC1. The molecule has 3 nitrogen and oxygen atoms in total. The van der Waals surface area contributed by atoms with E-state index in [0.29, 0.717) is 11.5 Å². The zero-order valence-corrected chi connectivity index (χ0v) is 11.2. The highest BCUT2D eigenvalue weighted by atomic mass is 16.4. The van der Waals surface area contributed by atoms with Gasteiger partial charge in [0.1, 0.15) is 11.3 Å². The Kier molecular flexibility index (Phi) is 3.05. The highest BCUT2D eigenvalue weighted by Gasteiger charge is 2.20. The first-order chi connectivity index (χ1) is 9.13. The number of hydrogen-bond donors (Lipinski definition) is 1. The van der Waals surface area contributed by atoms with Gasteiger partial charge in [0.05, 0.1) is 0 Å². The lowest BCUT2D eigenvalue weighted by molar-refractivity contribution is 0.348. The first-order valence-electron chi connectivity index (χ1n) is 6.97. The molecule has 100 valence electrons. The maximum Gasteiger partial charge on any atom is 0.359 e. The summed E-state index contributed by atoms with van der Waals surface area (Å²) in [5, 5.41) is 0.894. The van der Waals surface area contributed by atoms with E-state index in [-0.39, 0.29) is 5.69 Å². The Labute approximate surface area is 112 Å². The molecule has 2 aromatic rings. The molecule has 1 saturated carbocycles. The van der Waals surface area contributed by atoms with Crippen LogP contribution in [0, 0.1) is 5.92 Å². The molecule has 0 bridgehead atoms. The molecule has 1 aromatic carbocycles. The summed E-state index contributed by atoms with van der Waals surface area (Å²) in [6.45, 7) is 2.32. The topological polar surface area (TPSA) is 56.2 Å². The lowest BCUT2D eigenvalue weighted by atomic mass is 9.79. The number of anilines is 1. The van der Waals surface area contributed by atoms with Crippen molar-refractivity contribution in [1.29, 1.82) is 0 Å². The van der Waals surface area contributed by atoms with Crippen LogP contribution in [-0.2, 0) is 0 Å². The van der Waals surface area contributed by atoms with Gasteiger partial charge in [-0.15, -0.1) is 0 Å². The Morgan fingerprint density at radius 2 is 1.89 bits per heavy atom. The molecule has 0 unspecified atom stereocenters. The summed E-state index contributed by atoms with van der Waals surface area (Å²) in [6, 6.07) is 7.84. The van der Waals surface area contributed by atoms with Gasteiger partial charge < -0.3 is 10.2 Å². The molecule has 0 spiro atoms. The number of hydrogen-bond acceptors (Lipinski definition) is 3. The number of fused-ring (bicyclic) bond motifs is 1. The number of nitrogen functional groups attached to an aromatic ring is 1. The van der Waals surface area contributed by atoms with E-state index in [9.17, 15) is 4.79 Å². The lowest BCUT2D eigenvalue weighted by Gasteiger charge is -2.26. The summed E-state index contributed by atoms with van der Waals surface area (Å²) in [6.07, 6.45) is 5.03. The Balaban J connectivity index is 1.97. The highest BCUT2D eigenvalue weighted by Crippen LogP contribution is 2.36. The van der Waals surface area contributed by atoms with Crippen molar-refractivity contribution >= 4 is 16.7 Å². The van der Waals surface area contributed by atoms with Crippen LogP contribution < -0.4 is 11.4 Å². The molecule has 0 aliphatic heterocycles. The van der Waals surface area contributed by atoms with E-state index in [4.69, 9.17) is 10.2 Å². The fraction of sp³-hybridized carbons (Fsp3) is 0.438. The van der Waals surface area contributed by atoms with Crippen molar-refractivity contribution in [1.82, 2.24) is 0 Å². The van der Waals surface area contributed by atoms with Crippen molar-refractivity contribution in [3.05, 3.63) is 40.2 Å². The zero-order valence-electron chi connectivity index (χ0n) is 11.2. The smallest absolute Gasteiger partial charge is 0.359 e. The molecular weight excluding hydrogens is 238 g/mol. The molecule has 1 heterocycles. The minimum atomic E-state index is -0.443. The molecule has 1 aliphatic carbocycles. The van der Waals surface area contributed by atoms with Crippen LogP contribution in [0.15, 0.2) is 33.5 Å². The van der Waals surface area contributed by atoms with Gasteiger partial charge in [0.15, 0.2) is 0 Å². The van der Waals surface area contributed by atoms with E-state index in [0.717, 1.165) is 11.3 Å². The van der Waals surface area contributed by atoms with Crippen LogP contribution >= 0.6 is 0 Å². The summed E-state index contributed by atoms with van der Waals surface area (Å²) in [7, 11) is 0. The van der Waals surface area contributed by atoms with Crippen LogP contribution in [-0.4, -0.2) is 0 Å². The van der Waals surface area contributed by atoms with Crippen molar-refractivity contribution in [3.8, 4) is 0 Å². The van der Waals surface area contributed by atoms with Gasteiger partial charge in [0.2, 0.25) is 0 Å². The van der Waals surface area contributed by atoms with Gasteiger partial charge in [-0.25, -0.2) is 4.79 Å². The van der Waals surface area contributed by atoms with Crippen LogP contribution in [0.25, 0.3) is 11.0 Å². The van der Waals surface area contributed by atoms with Gasteiger partial charge in [0, 0.05) is 5.39 Å². The molecule has 3 heteroatoms. The first-order valence-corrected chi connectivity index (χ1v) is 6.97. The van der Waals surface area contributed by atoms with E-state index in [1.807, 2.05) is 12.1 Å². The lowest BCUT2D eigenvalue weighted by Crippen LogP contribution is -2.11. The number of benzene rings is 1. The van der Waals surface area contributed by atoms with Crippen molar-refractivity contribution in [3.63, 3.8) is 0 Å². The van der Waals surface area contributed by atoms with Crippen molar-refractivity contribution in [2.75, 3.05) is 5.73 Å². The summed E-state index contributed by atoms with van der Waals surface area (Å²) in [5.74, 6) is 1.44. The monoisotopic (exact) mass is 257 g/mol. The molecule has 0 radical (unpaired) electrons. The highest BCUT2D eigenvalue weighted by molar-refractivity contribution is 5.79. The van der Waals surface area contributed by atoms with Gasteiger partial charge in [-0.05, 0) is 42.4 Å². The molecule has 0 amide bonds. The largest absolute Gasteiger partial charge is 0.421 e. The standard InChI is InChI=1S/C16H19NO2/c1-10-2-4-11(5-3-10)12-6-7-13-8-14(17)16(18)19-15(13)9-12/h6-11H,2-5,17H2,1H3. The minimum absolute atomic E-state index is 0.173. The molecule has 1 aromatic heterocycles. The third-order valence-electron chi connectivity index (χ3n) is 4.27. The summed E-state index contributed by atoms with van der Waals surface area (Å²) in [4.78, 5) is 11.5. The molecule has 1 aliphatic rings. The third kappa shape index (κ3) is 2.37. The number of rotatable bonds is 1. The van der Waals surface area contributed by atoms with E-state index in [2.05, 4.69) is 13.0 Å². The quantitative estimate of drug-likeness (QED) is 0.793. The second-order valence-electron chi connectivity index (χ2n) is 5.74. The van der Waals surface area contributed by atoms with E-state index in [1.165, 1.54) is 31.2 Å². The van der Waals surface area contributed by atoms with Gasteiger partial charge in [0.25, 0.3) is 0 Å². The van der Waals surface area contributed by atoms with Gasteiger partial charge in [-0.2, -0.15) is 0 Å². The van der Waals surface area contributed by atoms with Crippen LogP contribution in [0.3, 0.4) is 0 Å². The van der Waals surface area contributed by atoms with Gasteiger partial charge in [-0.1, -0.05) is 31.9 Å². The Morgan fingerprint density at radius 1 is 1.16 bits per heavy atom. The van der Waals surface area contributed by atoms with E-state index < -0.39 is 5.63 Å². The van der Waals surface area contributed by atoms with Crippen LogP contribution in [0.1, 0.15) is 44.1 Å². The maximum atomic E-state index is 11.5. The third-order valence-corrected chi connectivity index (χ3v) is 4.27. The molecule has 0 saturated heterocycles. The molecular formula is C16H19NO2. The first kappa shape index (κ1) is 12.3. The predicted molar refractivity (Wildman–Crippen MR) is 77.3 cm³/mol. The molecule has 0 atom stereocenters. The fourth-order valence-corrected chi connectivity index (χ4v) is 2.99. The minimum Gasteiger partial charge on any atom is -0.421 e. The molecule has 1 fully saturated rings. The van der Waals surface area contributed by atoms with Crippen LogP contribution in [0.5, 0.6) is 0 Å². The van der Waals surface area contributed by atoms with Crippen LogP contribution in [0.4, 0.5) is 5.69 Å². The average molecular weight is 257 g/mol. The Hall–Kier alpha value is -1.77. The average Bonchev–Trinajstić information content (AvgIpc) is 2.40. The number of nitrogens with two attached hydrogens (primary N) is 1. The van der Waals surface area contributed by atoms with E-state index >= 15 is 0 Å². The van der Waals surface area contributed by atoms with Crippen molar-refractivity contribution in [2.45, 2.75) is 38.5 Å². The van der Waals surface area contributed by atoms with Gasteiger partial charge in [-0.3, -0.25) is 0 Å². The molecule has 3 rings (SSSR count). The second kappa shape index (κ2) is 4.72. The van der Waals surface area contributed by atoms with Crippen molar-refractivity contribution in [2.24, 2.45) is 5.92 Å². The summed E-state index contributed by atoms with van der Waals surface area (Å²) >= 11 is 0. The summed E-state index contributed by atoms with van der Waals surface area (Å²) < 4.78 is 5.26. The Bertz CT molecular complexity index is 651. The summed E-state index contributed by atoms with van der Waals surface area (Å²) in [5.41, 5.74) is 7.24. The normalized spacial score (nSPS) is 23.6. The fourth-order valence-electron chi connectivity index (χ4n) is 2.99. The molecule has 2 N–H and O–H groups in total. The van der Waals surface area contributed by atoms with Crippen LogP contribution in [0.2, 0.25) is 0 Å². The molecule has 19 heavy (non-hydrogen) atoms. The maximum absolute atomic E-state index is 11.5. The van der Waals surface area contributed by atoms with Gasteiger partial charge >= 0.3 is 5.63 Å². The second-order valence-corrected chi connectivity index (χ2v) is 5.74. The zero-order chi connectivity index (χ0) is 13.4. The predicted octanol–water partition coefficient (Wildman–Crippen LogP) is 3.67.